The average molecular weight is 562 g/mol. The first-order valence-corrected chi connectivity index (χ1v) is 11.9. The quantitative estimate of drug-likeness (QED) is 0.206. The number of rotatable bonds is 5. The van der Waals surface area contributed by atoms with Crippen LogP contribution in [-0.2, 0) is 4.84 Å². The Balaban J connectivity index is 1.51. The number of thiocarbonyl (C=S) groups is 1. The van der Waals surface area contributed by atoms with Gasteiger partial charge in [-0.15, -0.1) is 11.6 Å². The van der Waals surface area contributed by atoms with Crippen LogP contribution in [0.5, 0.6) is 0 Å². The number of benzene rings is 2. The first-order chi connectivity index (χ1) is 16.6. The van der Waals surface area contributed by atoms with Crippen LogP contribution in [0.25, 0.3) is 0 Å². The van der Waals surface area contributed by atoms with E-state index < -0.39 is 23.6 Å². The molecule has 1 aliphatic heterocycles. The summed E-state index contributed by atoms with van der Waals surface area (Å²) in [6.07, 6.45) is -2.64. The molecule has 2 atom stereocenters. The Kier molecular flexibility index (Phi) is 7.51. The van der Waals surface area contributed by atoms with E-state index in [1.807, 2.05) is 30.3 Å². The van der Waals surface area contributed by atoms with Gasteiger partial charge in [0.05, 0.1) is 21.8 Å². The maximum Gasteiger partial charge on any atom is 0.435 e. The number of hydrazine groups is 1. The van der Waals surface area contributed by atoms with Crippen molar-refractivity contribution in [1.82, 2.24) is 5.43 Å². The van der Waals surface area contributed by atoms with E-state index in [9.17, 15) is 13.2 Å². The molecule has 1 heterocycles. The van der Waals surface area contributed by atoms with E-state index in [2.05, 4.69) is 21.3 Å². The number of nitrogens with zero attached hydrogens (tertiary/aromatic N) is 1. The van der Waals surface area contributed by atoms with Crippen molar-refractivity contribution in [3.05, 3.63) is 81.9 Å². The van der Waals surface area contributed by atoms with Gasteiger partial charge in [0, 0.05) is 22.7 Å². The minimum atomic E-state index is -4.75. The maximum atomic E-state index is 14.3. The van der Waals surface area contributed by atoms with Gasteiger partial charge < -0.3 is 10.2 Å². The first kappa shape index (κ1) is 25.6. The number of anilines is 2. The Morgan fingerprint density at radius 3 is 2.57 bits per heavy atom. The molecule has 2 aromatic carbocycles. The molecule has 0 aromatic heterocycles. The zero-order valence-corrected chi connectivity index (χ0v) is 20.9. The minimum absolute atomic E-state index is 0.0662. The Labute approximate surface area is 219 Å². The predicted molar refractivity (Wildman–Crippen MR) is 138 cm³/mol. The summed E-state index contributed by atoms with van der Waals surface area (Å²) in [5, 5.41) is 6.81. The second-order valence-electron chi connectivity index (χ2n) is 7.84. The Morgan fingerprint density at radius 2 is 1.89 bits per heavy atom. The zero-order valence-electron chi connectivity index (χ0n) is 17.8. The molecule has 35 heavy (non-hydrogen) atoms. The molecule has 2 aliphatic rings. The van der Waals surface area contributed by atoms with Crippen LogP contribution < -0.4 is 16.2 Å². The lowest BCUT2D eigenvalue weighted by molar-refractivity contribution is -0.253. The fraction of sp³-hybridized carbons (Fsp3) is 0.217. The van der Waals surface area contributed by atoms with Crippen LogP contribution in [0, 0.1) is 0 Å². The van der Waals surface area contributed by atoms with Crippen LogP contribution in [0.1, 0.15) is 18.4 Å². The lowest BCUT2D eigenvalue weighted by Gasteiger charge is -2.33. The lowest BCUT2D eigenvalue weighted by Crippen LogP contribution is -2.48. The van der Waals surface area contributed by atoms with Gasteiger partial charge in [-0.05, 0) is 60.6 Å². The van der Waals surface area contributed by atoms with Crippen LogP contribution in [0.2, 0.25) is 5.02 Å². The van der Waals surface area contributed by atoms with E-state index in [0.29, 0.717) is 16.3 Å². The largest absolute Gasteiger partial charge is 0.435 e. The third-order valence-corrected chi connectivity index (χ3v) is 6.46. The zero-order chi connectivity index (χ0) is 25.2. The van der Waals surface area contributed by atoms with Crippen molar-refractivity contribution < 1.29 is 18.0 Å². The summed E-state index contributed by atoms with van der Waals surface area (Å²) in [5.74, 6) is 0. The topological polar surface area (TPSA) is 57.7 Å². The number of alkyl halides is 4. The highest BCUT2D eigenvalue weighted by Crippen LogP contribution is 2.49. The van der Waals surface area contributed by atoms with E-state index in [1.165, 1.54) is 12.2 Å². The van der Waals surface area contributed by atoms with Gasteiger partial charge in [-0.2, -0.15) is 13.2 Å². The van der Waals surface area contributed by atoms with E-state index in [1.54, 1.807) is 18.2 Å². The van der Waals surface area contributed by atoms with Gasteiger partial charge in [0.25, 0.3) is 5.60 Å². The molecule has 4 rings (SSSR count). The molecule has 2 unspecified atom stereocenters. The number of allylic oxidation sites excluding steroid dienone is 3. The lowest BCUT2D eigenvalue weighted by atomic mass is 9.82. The molecular weight excluding hydrogens is 544 g/mol. The molecule has 12 heteroatoms. The summed E-state index contributed by atoms with van der Waals surface area (Å²) in [5.41, 5.74) is 4.59. The minimum Gasteiger partial charge on any atom is -0.374 e. The van der Waals surface area contributed by atoms with Crippen molar-refractivity contribution in [2.45, 2.75) is 30.0 Å². The third kappa shape index (κ3) is 5.69. The molecule has 0 spiro atoms. The summed E-state index contributed by atoms with van der Waals surface area (Å²) >= 11 is 23.6. The molecule has 5 nitrogen and oxygen atoms in total. The van der Waals surface area contributed by atoms with Crippen molar-refractivity contribution in [2.24, 2.45) is 5.16 Å². The Bertz CT molecular complexity index is 1220. The Hall–Kier alpha value is -2.46. The van der Waals surface area contributed by atoms with Crippen LogP contribution in [0.15, 0.2) is 76.4 Å². The summed E-state index contributed by atoms with van der Waals surface area (Å²) in [7, 11) is 0. The molecule has 0 fully saturated rings. The van der Waals surface area contributed by atoms with Gasteiger partial charge in [0.2, 0.25) is 0 Å². The molecule has 3 N–H and O–H groups in total. The molecule has 1 aliphatic carbocycles. The molecule has 2 aromatic rings. The number of hydrogen-bond acceptors (Lipinski definition) is 4. The van der Waals surface area contributed by atoms with Gasteiger partial charge in [-0.1, -0.05) is 52.6 Å². The van der Waals surface area contributed by atoms with Crippen molar-refractivity contribution in [3.8, 4) is 0 Å². The van der Waals surface area contributed by atoms with E-state index in [4.69, 9.17) is 51.9 Å². The van der Waals surface area contributed by atoms with Crippen molar-refractivity contribution >= 4 is 69.2 Å². The SMILES string of the molecule is FC(F)(F)C1(C2=CC(Cl)=CC(Cl)C2)CC(c2ccc(Cl)c(NNC(=S)Nc3ccccc3)c2)=NO1. The number of halogens is 6. The van der Waals surface area contributed by atoms with Crippen molar-refractivity contribution in [3.63, 3.8) is 0 Å². The van der Waals surface area contributed by atoms with Crippen LogP contribution in [-0.4, -0.2) is 28.0 Å². The standard InChI is InChI=1S/C23H18Cl3F3N4OS/c24-15-9-14(10-16(25)11-15)22(23(27,28)29)12-20(33-34-22)13-6-7-18(26)19(8-13)31-32-21(35)30-17-4-2-1-3-5-17/h1-9,11,16,31H,10,12H2,(H2,30,32,35). The van der Waals surface area contributed by atoms with E-state index in [0.717, 1.165) is 5.69 Å². The monoisotopic (exact) mass is 560 g/mol. The molecule has 0 radical (unpaired) electrons. The highest BCUT2D eigenvalue weighted by atomic mass is 35.5. The predicted octanol–water partition coefficient (Wildman–Crippen LogP) is 7.14. The summed E-state index contributed by atoms with van der Waals surface area (Å²) in [6.45, 7) is 0. The van der Waals surface area contributed by atoms with Gasteiger partial charge in [-0.3, -0.25) is 10.9 Å². The molecular formula is C23H18Cl3F3N4OS. The van der Waals surface area contributed by atoms with Crippen LogP contribution in [0.4, 0.5) is 24.5 Å². The molecule has 0 amide bonds. The highest BCUT2D eigenvalue weighted by molar-refractivity contribution is 7.80. The van der Waals surface area contributed by atoms with Crippen molar-refractivity contribution in [1.29, 1.82) is 0 Å². The smallest absolute Gasteiger partial charge is 0.374 e. The fourth-order valence-electron chi connectivity index (χ4n) is 3.70. The van der Waals surface area contributed by atoms with Crippen LogP contribution in [0.3, 0.4) is 0 Å². The molecule has 0 bridgehead atoms. The van der Waals surface area contributed by atoms with Crippen LogP contribution >= 0.6 is 47.0 Å². The van der Waals surface area contributed by atoms with Gasteiger partial charge >= 0.3 is 6.18 Å². The second kappa shape index (κ2) is 10.3. The van der Waals surface area contributed by atoms with E-state index >= 15 is 0 Å². The van der Waals surface area contributed by atoms with Gasteiger partial charge in [0.1, 0.15) is 0 Å². The number of hydrogen-bond donors (Lipinski definition) is 3. The van der Waals surface area contributed by atoms with Gasteiger partial charge in [-0.25, -0.2) is 0 Å². The molecule has 0 saturated heterocycles. The van der Waals surface area contributed by atoms with E-state index in [-0.39, 0.29) is 27.9 Å². The summed E-state index contributed by atoms with van der Waals surface area (Å²) in [4.78, 5) is 5.09. The molecule has 0 saturated carbocycles. The summed E-state index contributed by atoms with van der Waals surface area (Å²) < 4.78 is 42.8. The Morgan fingerprint density at radius 1 is 1.14 bits per heavy atom. The highest BCUT2D eigenvalue weighted by Gasteiger charge is 2.63. The van der Waals surface area contributed by atoms with Gasteiger partial charge in [0.15, 0.2) is 5.11 Å². The fourth-order valence-corrected chi connectivity index (χ4v) is 4.68. The number of nitrogens with one attached hydrogen (secondary N) is 3. The second-order valence-corrected chi connectivity index (χ2v) is 9.65. The number of oxime groups is 1. The normalized spacial score (nSPS) is 21.9. The van der Waals surface area contributed by atoms with Crippen molar-refractivity contribution in [2.75, 3.05) is 10.7 Å². The number of para-hydroxylation sites is 1. The third-order valence-electron chi connectivity index (χ3n) is 5.41. The summed E-state index contributed by atoms with van der Waals surface area (Å²) in [6, 6.07) is 13.9. The first-order valence-electron chi connectivity index (χ1n) is 10.3. The average Bonchev–Trinajstić information content (AvgIpc) is 3.26. The molecule has 184 valence electrons. The maximum absolute atomic E-state index is 14.3.